The van der Waals surface area contributed by atoms with Crippen molar-refractivity contribution in [3.8, 4) is 0 Å². The molecular weight excluding hydrogens is 389 g/mol. The van der Waals surface area contributed by atoms with Crippen molar-refractivity contribution in [2.45, 2.75) is 26.4 Å². The van der Waals surface area contributed by atoms with Gasteiger partial charge >= 0.3 is 0 Å². The lowest BCUT2D eigenvalue weighted by Crippen LogP contribution is -2.37. The van der Waals surface area contributed by atoms with Crippen LogP contribution in [0.2, 0.25) is 0 Å². The Kier molecular flexibility index (Phi) is 8.57. The maximum atomic E-state index is 4.23. The van der Waals surface area contributed by atoms with Gasteiger partial charge in [0.05, 0.1) is 6.54 Å². The number of hydrogen-bond donors (Lipinski definition) is 2. The van der Waals surface area contributed by atoms with Gasteiger partial charge in [0.15, 0.2) is 5.96 Å². The third kappa shape index (κ3) is 6.05. The Morgan fingerprint density at radius 3 is 2.73 bits per heavy atom. The lowest BCUT2D eigenvalue weighted by Gasteiger charge is -2.12. The molecule has 5 nitrogen and oxygen atoms in total. The van der Waals surface area contributed by atoms with E-state index in [-0.39, 0.29) is 24.0 Å². The average molecular weight is 413 g/mol. The van der Waals surface area contributed by atoms with Gasteiger partial charge in [-0.25, -0.2) is 0 Å². The summed E-state index contributed by atoms with van der Waals surface area (Å²) in [6.07, 6.45) is 4.86. The molecule has 0 aliphatic rings. The summed E-state index contributed by atoms with van der Waals surface area (Å²) in [6, 6.07) is 10.5. The van der Waals surface area contributed by atoms with Crippen molar-refractivity contribution < 1.29 is 0 Å². The first-order chi connectivity index (χ1) is 10.3. The third-order valence-electron chi connectivity index (χ3n) is 3.12. The molecule has 1 heterocycles. The first kappa shape index (κ1) is 18.5. The molecule has 0 spiro atoms. The highest BCUT2D eigenvalue weighted by molar-refractivity contribution is 14.0. The molecular formula is C16H24IN5. The zero-order chi connectivity index (χ0) is 14.9. The van der Waals surface area contributed by atoms with E-state index < -0.39 is 0 Å². The normalized spacial score (nSPS) is 10.9. The van der Waals surface area contributed by atoms with Gasteiger partial charge in [0.25, 0.3) is 0 Å². The molecule has 0 fully saturated rings. The molecule has 22 heavy (non-hydrogen) atoms. The van der Waals surface area contributed by atoms with E-state index in [0.29, 0.717) is 0 Å². The van der Waals surface area contributed by atoms with E-state index >= 15 is 0 Å². The Bertz CT molecular complexity index is 566. The van der Waals surface area contributed by atoms with Crippen molar-refractivity contribution >= 4 is 29.9 Å². The first-order valence-electron chi connectivity index (χ1n) is 7.31. The van der Waals surface area contributed by atoms with Crippen LogP contribution in [-0.4, -0.2) is 29.3 Å². The van der Waals surface area contributed by atoms with Gasteiger partial charge in [-0.15, -0.1) is 24.0 Å². The molecule has 0 unspecified atom stereocenters. The fraction of sp³-hybridized carbons (Fsp3) is 0.375. The van der Waals surface area contributed by atoms with Gasteiger partial charge in [-0.1, -0.05) is 31.2 Å². The number of halogens is 1. The second kappa shape index (κ2) is 10.2. The zero-order valence-corrected chi connectivity index (χ0v) is 15.5. The molecule has 2 aromatic rings. The number of aliphatic imine (C=N–C) groups is 1. The van der Waals surface area contributed by atoms with Gasteiger partial charge in [-0.05, 0) is 23.6 Å². The lowest BCUT2D eigenvalue weighted by molar-refractivity contribution is 0.685. The summed E-state index contributed by atoms with van der Waals surface area (Å²) in [6.45, 7) is 4.62. The number of benzene rings is 1. The lowest BCUT2D eigenvalue weighted by atomic mass is 10.1. The number of guanidine groups is 1. The van der Waals surface area contributed by atoms with Crippen molar-refractivity contribution in [2.24, 2.45) is 4.99 Å². The Morgan fingerprint density at radius 1 is 1.23 bits per heavy atom. The Hall–Kier alpha value is -1.57. The van der Waals surface area contributed by atoms with Crippen LogP contribution in [-0.2, 0) is 13.1 Å². The highest BCUT2D eigenvalue weighted by Gasteiger charge is 2.00. The van der Waals surface area contributed by atoms with E-state index in [1.54, 1.807) is 13.2 Å². The first-order valence-corrected chi connectivity index (χ1v) is 7.31. The molecule has 0 bridgehead atoms. The predicted octanol–water partition coefficient (Wildman–Crippen LogP) is 2.62. The predicted molar refractivity (Wildman–Crippen MR) is 102 cm³/mol. The van der Waals surface area contributed by atoms with Gasteiger partial charge in [0.2, 0.25) is 0 Å². The Balaban J connectivity index is 0.00000242. The fourth-order valence-corrected chi connectivity index (χ4v) is 2.07. The van der Waals surface area contributed by atoms with Crippen LogP contribution in [0.3, 0.4) is 0 Å². The SMILES string of the molecule is CCCNC(=NC)NCc1cccc(Cn2cccn2)c1.I. The summed E-state index contributed by atoms with van der Waals surface area (Å²) >= 11 is 0. The van der Waals surface area contributed by atoms with Crippen LogP contribution in [0.4, 0.5) is 0 Å². The number of nitrogens with one attached hydrogen (secondary N) is 2. The zero-order valence-electron chi connectivity index (χ0n) is 13.1. The maximum absolute atomic E-state index is 4.23. The standard InChI is InChI=1S/C16H23N5.HI/c1-3-8-18-16(17-2)19-12-14-6-4-7-15(11-14)13-21-10-5-9-20-21;/h4-7,9-11H,3,8,12-13H2,1-2H3,(H2,17,18,19);1H. The van der Waals surface area contributed by atoms with E-state index in [0.717, 1.165) is 32.0 Å². The van der Waals surface area contributed by atoms with Crippen molar-refractivity contribution in [1.29, 1.82) is 0 Å². The molecule has 0 aliphatic carbocycles. The second-order valence-electron chi connectivity index (χ2n) is 4.88. The minimum Gasteiger partial charge on any atom is -0.356 e. The van der Waals surface area contributed by atoms with Gasteiger partial charge in [-0.3, -0.25) is 9.67 Å². The van der Waals surface area contributed by atoms with Crippen LogP contribution >= 0.6 is 24.0 Å². The fourth-order valence-electron chi connectivity index (χ4n) is 2.07. The summed E-state index contributed by atoms with van der Waals surface area (Å²) in [5.41, 5.74) is 2.48. The minimum atomic E-state index is 0. The molecule has 1 aromatic carbocycles. The molecule has 0 saturated heterocycles. The van der Waals surface area contributed by atoms with Gasteiger partial charge in [0.1, 0.15) is 0 Å². The van der Waals surface area contributed by atoms with Crippen LogP contribution in [0, 0.1) is 0 Å². The smallest absolute Gasteiger partial charge is 0.191 e. The molecule has 0 amide bonds. The maximum Gasteiger partial charge on any atom is 0.191 e. The number of aromatic nitrogens is 2. The Morgan fingerprint density at radius 2 is 2.05 bits per heavy atom. The number of hydrogen-bond acceptors (Lipinski definition) is 2. The third-order valence-corrected chi connectivity index (χ3v) is 3.12. The van der Waals surface area contributed by atoms with Crippen molar-refractivity contribution in [1.82, 2.24) is 20.4 Å². The summed E-state index contributed by atoms with van der Waals surface area (Å²) in [4.78, 5) is 4.20. The molecule has 1 aromatic heterocycles. The van der Waals surface area contributed by atoms with Crippen LogP contribution in [0.25, 0.3) is 0 Å². The van der Waals surface area contributed by atoms with Crippen LogP contribution in [0.1, 0.15) is 24.5 Å². The van der Waals surface area contributed by atoms with E-state index in [9.17, 15) is 0 Å². The molecule has 0 radical (unpaired) electrons. The van der Waals surface area contributed by atoms with E-state index in [2.05, 4.69) is 51.9 Å². The summed E-state index contributed by atoms with van der Waals surface area (Å²) < 4.78 is 1.92. The molecule has 120 valence electrons. The summed E-state index contributed by atoms with van der Waals surface area (Å²) in [7, 11) is 1.79. The van der Waals surface area contributed by atoms with Crippen LogP contribution < -0.4 is 10.6 Å². The number of rotatable bonds is 6. The largest absolute Gasteiger partial charge is 0.356 e. The van der Waals surface area contributed by atoms with Gasteiger partial charge in [0, 0.05) is 32.5 Å². The van der Waals surface area contributed by atoms with E-state index in [1.165, 1.54) is 11.1 Å². The van der Waals surface area contributed by atoms with Gasteiger partial charge < -0.3 is 10.6 Å². The van der Waals surface area contributed by atoms with E-state index in [4.69, 9.17) is 0 Å². The highest BCUT2D eigenvalue weighted by atomic mass is 127. The molecule has 2 rings (SSSR count). The number of nitrogens with zero attached hydrogens (tertiary/aromatic N) is 3. The Labute approximate surface area is 149 Å². The minimum absolute atomic E-state index is 0. The molecule has 2 N–H and O–H groups in total. The molecule has 0 atom stereocenters. The van der Waals surface area contributed by atoms with Crippen molar-refractivity contribution in [3.05, 3.63) is 53.9 Å². The van der Waals surface area contributed by atoms with Crippen molar-refractivity contribution in [2.75, 3.05) is 13.6 Å². The van der Waals surface area contributed by atoms with Crippen LogP contribution in [0.5, 0.6) is 0 Å². The molecule has 0 aliphatic heterocycles. The van der Waals surface area contributed by atoms with Crippen molar-refractivity contribution in [3.63, 3.8) is 0 Å². The van der Waals surface area contributed by atoms with E-state index in [1.807, 2.05) is 16.9 Å². The quantitative estimate of drug-likeness (QED) is 0.435. The molecule has 0 saturated carbocycles. The highest BCUT2D eigenvalue weighted by Crippen LogP contribution is 2.06. The summed E-state index contributed by atoms with van der Waals surface area (Å²) in [5, 5.41) is 10.8. The second-order valence-corrected chi connectivity index (χ2v) is 4.88. The van der Waals surface area contributed by atoms with Crippen LogP contribution in [0.15, 0.2) is 47.7 Å². The topological polar surface area (TPSA) is 54.2 Å². The average Bonchev–Trinajstić information content (AvgIpc) is 3.01. The summed E-state index contributed by atoms with van der Waals surface area (Å²) in [5.74, 6) is 0.842. The van der Waals surface area contributed by atoms with Gasteiger partial charge in [-0.2, -0.15) is 5.10 Å². The molecule has 6 heteroatoms. The monoisotopic (exact) mass is 413 g/mol.